The largest absolute Gasteiger partial charge is 0.350 e. The lowest BCUT2D eigenvalue weighted by atomic mass is 10.1. The van der Waals surface area contributed by atoms with Crippen molar-refractivity contribution in [3.63, 3.8) is 0 Å². The van der Waals surface area contributed by atoms with Gasteiger partial charge in [-0.05, 0) is 31.4 Å². The third-order valence-electron chi connectivity index (χ3n) is 2.58. The van der Waals surface area contributed by atoms with Crippen molar-refractivity contribution in [2.45, 2.75) is 23.2 Å². The maximum Gasteiger partial charge on any atom is 0.217 e. The quantitative estimate of drug-likeness (QED) is 0.594. The van der Waals surface area contributed by atoms with Crippen LogP contribution in [0.2, 0.25) is 0 Å². The fourth-order valence-corrected chi connectivity index (χ4v) is 2.20. The summed E-state index contributed by atoms with van der Waals surface area (Å²) in [6.45, 7) is 3.63. The van der Waals surface area contributed by atoms with E-state index in [1.165, 1.54) is 5.57 Å². The van der Waals surface area contributed by atoms with Crippen LogP contribution in [0.5, 0.6) is 0 Å². The first-order chi connectivity index (χ1) is 8.05. The summed E-state index contributed by atoms with van der Waals surface area (Å²) in [7, 11) is 0. The second-order valence-corrected chi connectivity index (χ2v) is 7.39. The van der Waals surface area contributed by atoms with Crippen LogP contribution in [-0.2, 0) is 0 Å². The van der Waals surface area contributed by atoms with E-state index in [0.717, 1.165) is 36.9 Å². The number of aliphatic imine (C=N–C) groups is 2. The molecule has 3 nitrogen and oxygen atoms in total. The highest BCUT2D eigenvalue weighted by molar-refractivity contribution is 14.1. The number of hydrogen-bond donors (Lipinski definition) is 1. The van der Waals surface area contributed by atoms with E-state index >= 15 is 0 Å². The number of alkyl halides is 1. The molecule has 0 spiro atoms. The van der Waals surface area contributed by atoms with Gasteiger partial charge in [0, 0.05) is 17.8 Å². The molecular weight excluding hydrogens is 349 g/mol. The van der Waals surface area contributed by atoms with Crippen LogP contribution in [0.3, 0.4) is 0 Å². The molecule has 1 N–H and O–H groups in total. The number of halogens is 2. The highest BCUT2D eigenvalue weighted by Gasteiger charge is 2.20. The smallest absolute Gasteiger partial charge is 0.217 e. The summed E-state index contributed by atoms with van der Waals surface area (Å²) in [5, 5.41) is 4.16. The number of nitrogens with one attached hydrogen (secondary N) is 1. The zero-order valence-corrected chi connectivity index (χ0v) is 12.6. The summed E-state index contributed by atoms with van der Waals surface area (Å²) in [5.74, 6) is 0.718. The number of guanidine groups is 1. The summed E-state index contributed by atoms with van der Waals surface area (Å²) in [6, 6.07) is 0. The normalized spacial score (nSPS) is 28.3. The minimum absolute atomic E-state index is 0.0518. The fourth-order valence-electron chi connectivity index (χ4n) is 1.64. The van der Waals surface area contributed by atoms with Crippen LogP contribution in [0.1, 0.15) is 19.8 Å². The molecule has 0 amide bonds. The molecule has 92 valence electrons. The predicted octanol–water partition coefficient (Wildman–Crippen LogP) is 3.05. The SMILES string of the molecule is CC1(I)C=NC(NCC2=CCCC(Cl)=C2)=NC1. The molecule has 5 heteroatoms. The molecule has 1 aliphatic heterocycles. The van der Waals surface area contributed by atoms with E-state index in [1.54, 1.807) is 0 Å². The lowest BCUT2D eigenvalue weighted by molar-refractivity contribution is 0.845. The molecule has 0 radical (unpaired) electrons. The zero-order chi connectivity index (χ0) is 12.3. The van der Waals surface area contributed by atoms with Crippen LogP contribution < -0.4 is 5.32 Å². The molecule has 2 rings (SSSR count). The fraction of sp³-hybridized carbons (Fsp3) is 0.500. The van der Waals surface area contributed by atoms with Gasteiger partial charge in [0.1, 0.15) is 0 Å². The molecule has 0 saturated carbocycles. The molecule has 2 aliphatic rings. The first kappa shape index (κ1) is 13.1. The summed E-state index contributed by atoms with van der Waals surface area (Å²) in [6.07, 6.45) is 8.15. The molecule has 17 heavy (non-hydrogen) atoms. The molecule has 1 unspecified atom stereocenters. The van der Waals surface area contributed by atoms with E-state index in [4.69, 9.17) is 11.6 Å². The molecular formula is C12H15ClIN3. The highest BCUT2D eigenvalue weighted by atomic mass is 127. The summed E-state index contributed by atoms with van der Waals surface area (Å²) in [4.78, 5) is 8.72. The van der Waals surface area contributed by atoms with Crippen molar-refractivity contribution in [3.05, 3.63) is 22.8 Å². The first-order valence-electron chi connectivity index (χ1n) is 5.63. The van der Waals surface area contributed by atoms with E-state index in [2.05, 4.69) is 50.9 Å². The Morgan fingerprint density at radius 3 is 3.06 bits per heavy atom. The van der Waals surface area contributed by atoms with Gasteiger partial charge in [0.05, 0.1) is 9.97 Å². The number of allylic oxidation sites excluding steroid dienone is 2. The van der Waals surface area contributed by atoms with E-state index in [1.807, 2.05) is 12.3 Å². The van der Waals surface area contributed by atoms with Gasteiger partial charge in [-0.25, -0.2) is 9.98 Å². The van der Waals surface area contributed by atoms with Gasteiger partial charge < -0.3 is 5.32 Å². The Balaban J connectivity index is 1.86. The lowest BCUT2D eigenvalue weighted by Crippen LogP contribution is -2.33. The van der Waals surface area contributed by atoms with Crippen molar-refractivity contribution in [2.75, 3.05) is 13.1 Å². The highest BCUT2D eigenvalue weighted by Crippen LogP contribution is 2.20. The number of nitrogens with zero attached hydrogens (tertiary/aromatic N) is 2. The standard InChI is InChI=1S/C12H15ClIN3/c1-12(14)7-16-11(17-8-12)15-6-9-3-2-4-10(13)5-9/h3,5,7H,2,4,6,8H2,1H3,(H,15,17). The van der Waals surface area contributed by atoms with E-state index in [9.17, 15) is 0 Å². The Bertz CT molecular complexity index is 421. The first-order valence-corrected chi connectivity index (χ1v) is 7.08. The predicted molar refractivity (Wildman–Crippen MR) is 82.5 cm³/mol. The molecule has 0 aromatic rings. The van der Waals surface area contributed by atoms with Crippen molar-refractivity contribution >= 4 is 46.4 Å². The van der Waals surface area contributed by atoms with E-state index < -0.39 is 0 Å². The van der Waals surface area contributed by atoms with Gasteiger partial charge >= 0.3 is 0 Å². The topological polar surface area (TPSA) is 36.8 Å². The molecule has 0 bridgehead atoms. The van der Waals surface area contributed by atoms with Gasteiger partial charge in [-0.1, -0.05) is 40.3 Å². The average molecular weight is 364 g/mol. The van der Waals surface area contributed by atoms with Gasteiger partial charge in [0.15, 0.2) is 0 Å². The molecule has 0 fully saturated rings. The minimum atomic E-state index is 0.0518. The van der Waals surface area contributed by atoms with Gasteiger partial charge in [0.25, 0.3) is 0 Å². The maximum absolute atomic E-state index is 6.00. The van der Waals surface area contributed by atoms with E-state index in [0.29, 0.717) is 0 Å². The Hall–Kier alpha value is -0.360. The second-order valence-electron chi connectivity index (χ2n) is 4.44. The molecule has 1 heterocycles. The molecule has 0 aromatic heterocycles. The Kier molecular flexibility index (Phi) is 4.25. The van der Waals surface area contributed by atoms with Crippen molar-refractivity contribution < 1.29 is 0 Å². The van der Waals surface area contributed by atoms with Gasteiger partial charge in [-0.2, -0.15) is 0 Å². The zero-order valence-electron chi connectivity index (χ0n) is 9.71. The van der Waals surface area contributed by atoms with Crippen LogP contribution in [-0.4, -0.2) is 28.7 Å². The lowest BCUT2D eigenvalue weighted by Gasteiger charge is -2.19. The molecule has 0 saturated heterocycles. The van der Waals surface area contributed by atoms with Gasteiger partial charge in [-0.3, -0.25) is 0 Å². The van der Waals surface area contributed by atoms with Crippen molar-refractivity contribution in [2.24, 2.45) is 9.98 Å². The molecule has 1 aliphatic carbocycles. The van der Waals surface area contributed by atoms with Crippen molar-refractivity contribution in [1.29, 1.82) is 0 Å². The minimum Gasteiger partial charge on any atom is -0.350 e. The van der Waals surface area contributed by atoms with Gasteiger partial charge in [0.2, 0.25) is 5.96 Å². The molecule has 1 atom stereocenters. The van der Waals surface area contributed by atoms with Crippen LogP contribution >= 0.6 is 34.2 Å². The summed E-state index contributed by atoms with van der Waals surface area (Å²) >= 11 is 8.35. The van der Waals surface area contributed by atoms with Crippen LogP contribution in [0.4, 0.5) is 0 Å². The number of rotatable bonds is 2. The summed E-state index contributed by atoms with van der Waals surface area (Å²) < 4.78 is 0.0518. The molecule has 0 aromatic carbocycles. The second kappa shape index (κ2) is 5.52. The Morgan fingerprint density at radius 1 is 1.59 bits per heavy atom. The van der Waals surface area contributed by atoms with Crippen molar-refractivity contribution in [1.82, 2.24) is 5.32 Å². The average Bonchev–Trinajstić information content (AvgIpc) is 2.28. The monoisotopic (exact) mass is 363 g/mol. The third-order valence-corrected chi connectivity index (χ3v) is 3.49. The third kappa shape index (κ3) is 4.10. The van der Waals surface area contributed by atoms with Gasteiger partial charge in [-0.15, -0.1) is 0 Å². The maximum atomic E-state index is 6.00. The van der Waals surface area contributed by atoms with Crippen LogP contribution in [0, 0.1) is 0 Å². The van der Waals surface area contributed by atoms with Crippen LogP contribution in [0.15, 0.2) is 32.7 Å². The Morgan fingerprint density at radius 2 is 2.41 bits per heavy atom. The van der Waals surface area contributed by atoms with Crippen LogP contribution in [0.25, 0.3) is 0 Å². The van der Waals surface area contributed by atoms with Crippen molar-refractivity contribution in [3.8, 4) is 0 Å². The summed E-state index contributed by atoms with van der Waals surface area (Å²) in [5.41, 5.74) is 1.21. The Labute approximate surface area is 120 Å². The van der Waals surface area contributed by atoms with E-state index in [-0.39, 0.29) is 3.42 Å². The number of hydrogen-bond acceptors (Lipinski definition) is 3.